The smallest absolute Gasteiger partial charge is 0.0595 e. The van der Waals surface area contributed by atoms with Gasteiger partial charge in [0, 0.05) is 12.6 Å². The first-order valence-corrected chi connectivity index (χ1v) is 7.62. The first kappa shape index (κ1) is 15.4. The fourth-order valence-electron chi connectivity index (χ4n) is 2.24. The van der Waals surface area contributed by atoms with Gasteiger partial charge in [-0.3, -0.25) is 0 Å². The lowest BCUT2D eigenvalue weighted by atomic mass is 10.0. The van der Waals surface area contributed by atoms with Gasteiger partial charge in [0.2, 0.25) is 0 Å². The second kappa shape index (κ2) is 7.12. The molecule has 2 aromatic rings. The molecular formula is C17H19Cl2N. The van der Waals surface area contributed by atoms with Gasteiger partial charge in [-0.2, -0.15) is 0 Å². The van der Waals surface area contributed by atoms with Gasteiger partial charge in [-0.25, -0.2) is 0 Å². The van der Waals surface area contributed by atoms with Gasteiger partial charge in [0.1, 0.15) is 0 Å². The Labute approximate surface area is 130 Å². The van der Waals surface area contributed by atoms with Crippen LogP contribution in [0.5, 0.6) is 0 Å². The Morgan fingerprint density at radius 3 is 2.35 bits per heavy atom. The minimum absolute atomic E-state index is 0.231. The zero-order chi connectivity index (χ0) is 14.5. The molecule has 0 aliphatic rings. The fraction of sp³-hybridized carbons (Fsp3) is 0.294. The van der Waals surface area contributed by atoms with Gasteiger partial charge >= 0.3 is 0 Å². The molecule has 0 aliphatic carbocycles. The summed E-state index contributed by atoms with van der Waals surface area (Å²) in [5.74, 6) is 0. The molecule has 3 heteroatoms. The van der Waals surface area contributed by atoms with Crippen molar-refractivity contribution in [2.45, 2.75) is 32.9 Å². The van der Waals surface area contributed by atoms with E-state index >= 15 is 0 Å². The quantitative estimate of drug-likeness (QED) is 0.779. The van der Waals surface area contributed by atoms with Crippen molar-refractivity contribution in [3.8, 4) is 0 Å². The van der Waals surface area contributed by atoms with Crippen LogP contribution in [0.25, 0.3) is 0 Å². The van der Waals surface area contributed by atoms with Crippen LogP contribution >= 0.6 is 23.2 Å². The fourth-order valence-corrected chi connectivity index (χ4v) is 2.54. The summed E-state index contributed by atoms with van der Waals surface area (Å²) in [6.07, 6.45) is 1.05. The lowest BCUT2D eigenvalue weighted by Crippen LogP contribution is -2.18. The molecule has 0 amide bonds. The number of hydrogen-bond acceptors (Lipinski definition) is 1. The summed E-state index contributed by atoms with van der Waals surface area (Å²) in [5, 5.41) is 4.73. The van der Waals surface area contributed by atoms with Gasteiger partial charge in [0.25, 0.3) is 0 Å². The molecule has 1 unspecified atom stereocenters. The molecule has 0 saturated heterocycles. The Balaban J connectivity index is 2.04. The van der Waals surface area contributed by atoms with Crippen LogP contribution in [0.3, 0.4) is 0 Å². The molecule has 0 spiro atoms. The van der Waals surface area contributed by atoms with E-state index in [1.54, 1.807) is 0 Å². The molecule has 0 bridgehead atoms. The molecule has 0 radical (unpaired) electrons. The Hall–Kier alpha value is -1.02. The second-order valence-corrected chi connectivity index (χ2v) is 5.71. The molecule has 2 aromatic carbocycles. The van der Waals surface area contributed by atoms with Crippen molar-refractivity contribution in [3.63, 3.8) is 0 Å². The normalized spacial score (nSPS) is 12.4. The molecule has 0 heterocycles. The first-order chi connectivity index (χ1) is 9.61. The largest absolute Gasteiger partial charge is 0.306 e. The molecule has 1 N–H and O–H groups in total. The number of benzene rings is 2. The van der Waals surface area contributed by atoms with Crippen molar-refractivity contribution in [3.05, 3.63) is 69.2 Å². The number of rotatable bonds is 5. The Morgan fingerprint density at radius 2 is 1.70 bits per heavy atom. The van der Waals surface area contributed by atoms with E-state index in [9.17, 15) is 0 Å². The molecule has 0 aromatic heterocycles. The van der Waals surface area contributed by atoms with Gasteiger partial charge in [-0.05, 0) is 42.2 Å². The summed E-state index contributed by atoms with van der Waals surface area (Å²) in [7, 11) is 0. The van der Waals surface area contributed by atoms with E-state index in [0.717, 1.165) is 18.5 Å². The topological polar surface area (TPSA) is 12.0 Å². The third-order valence-corrected chi connectivity index (χ3v) is 4.28. The summed E-state index contributed by atoms with van der Waals surface area (Å²) in [4.78, 5) is 0. The van der Waals surface area contributed by atoms with Crippen molar-refractivity contribution in [1.82, 2.24) is 5.32 Å². The molecule has 1 nitrogen and oxygen atoms in total. The van der Waals surface area contributed by atoms with E-state index in [4.69, 9.17) is 23.2 Å². The molecule has 0 aliphatic heterocycles. The van der Waals surface area contributed by atoms with Crippen LogP contribution in [0.1, 0.15) is 36.6 Å². The van der Waals surface area contributed by atoms with Crippen LogP contribution in [0.15, 0.2) is 42.5 Å². The van der Waals surface area contributed by atoms with Gasteiger partial charge in [-0.15, -0.1) is 0 Å². The summed E-state index contributed by atoms with van der Waals surface area (Å²) < 4.78 is 0. The maximum absolute atomic E-state index is 6.06. The van der Waals surface area contributed by atoms with Crippen LogP contribution in [-0.2, 0) is 13.0 Å². The van der Waals surface area contributed by atoms with Gasteiger partial charge < -0.3 is 5.32 Å². The second-order valence-electron chi connectivity index (χ2n) is 4.90. The van der Waals surface area contributed by atoms with Crippen molar-refractivity contribution in [1.29, 1.82) is 0 Å². The van der Waals surface area contributed by atoms with Crippen LogP contribution in [-0.4, -0.2) is 0 Å². The predicted octanol–water partition coefficient (Wildman–Crippen LogP) is 5.41. The summed E-state index contributed by atoms with van der Waals surface area (Å²) in [6, 6.07) is 14.5. The molecule has 0 fully saturated rings. The van der Waals surface area contributed by atoms with Crippen LogP contribution in [0, 0.1) is 0 Å². The third-order valence-electron chi connectivity index (χ3n) is 3.54. The zero-order valence-electron chi connectivity index (χ0n) is 11.8. The van der Waals surface area contributed by atoms with E-state index in [-0.39, 0.29) is 6.04 Å². The Morgan fingerprint density at radius 1 is 1.00 bits per heavy atom. The van der Waals surface area contributed by atoms with E-state index in [1.165, 1.54) is 11.1 Å². The van der Waals surface area contributed by atoms with Crippen molar-refractivity contribution >= 4 is 23.2 Å². The molecule has 106 valence electrons. The molecular weight excluding hydrogens is 289 g/mol. The highest BCUT2D eigenvalue weighted by Crippen LogP contribution is 2.25. The zero-order valence-corrected chi connectivity index (χ0v) is 13.3. The van der Waals surface area contributed by atoms with Crippen LogP contribution < -0.4 is 5.32 Å². The minimum Gasteiger partial charge on any atom is -0.306 e. The van der Waals surface area contributed by atoms with E-state index < -0.39 is 0 Å². The van der Waals surface area contributed by atoms with E-state index in [0.29, 0.717) is 10.0 Å². The van der Waals surface area contributed by atoms with Crippen LogP contribution in [0.2, 0.25) is 10.0 Å². The predicted molar refractivity (Wildman–Crippen MR) is 87.5 cm³/mol. The third kappa shape index (κ3) is 3.76. The number of hydrogen-bond donors (Lipinski definition) is 1. The van der Waals surface area contributed by atoms with Gasteiger partial charge in [0.15, 0.2) is 0 Å². The minimum atomic E-state index is 0.231. The number of aryl methyl sites for hydroxylation is 1. The highest BCUT2D eigenvalue weighted by Gasteiger charge is 2.08. The van der Waals surface area contributed by atoms with Gasteiger partial charge in [-0.1, -0.05) is 60.5 Å². The average molecular weight is 308 g/mol. The Bertz CT molecular complexity index is 581. The number of halogens is 2. The van der Waals surface area contributed by atoms with Crippen LogP contribution in [0.4, 0.5) is 0 Å². The standard InChI is InChI=1S/C17H19Cl2N/c1-3-13-6-4-5-7-15(13)11-20-12(2)14-8-9-16(18)17(19)10-14/h4-10,12,20H,3,11H2,1-2H3. The monoisotopic (exact) mass is 307 g/mol. The SMILES string of the molecule is CCc1ccccc1CNC(C)c1ccc(Cl)c(Cl)c1. The van der Waals surface area contributed by atoms with Gasteiger partial charge in [0.05, 0.1) is 10.0 Å². The maximum Gasteiger partial charge on any atom is 0.0595 e. The van der Waals surface area contributed by atoms with E-state index in [2.05, 4.69) is 43.4 Å². The Kier molecular flexibility index (Phi) is 5.47. The summed E-state index contributed by atoms with van der Waals surface area (Å²) >= 11 is 12.0. The highest BCUT2D eigenvalue weighted by atomic mass is 35.5. The highest BCUT2D eigenvalue weighted by molar-refractivity contribution is 6.42. The summed E-state index contributed by atoms with van der Waals surface area (Å²) in [5.41, 5.74) is 3.89. The van der Waals surface area contributed by atoms with E-state index in [1.807, 2.05) is 18.2 Å². The lowest BCUT2D eigenvalue weighted by Gasteiger charge is -2.16. The molecule has 2 rings (SSSR count). The molecule has 20 heavy (non-hydrogen) atoms. The maximum atomic E-state index is 6.06. The molecule has 0 saturated carbocycles. The molecule has 1 atom stereocenters. The van der Waals surface area contributed by atoms with Crippen molar-refractivity contribution < 1.29 is 0 Å². The average Bonchev–Trinajstić information content (AvgIpc) is 2.47. The van der Waals surface area contributed by atoms with Crippen molar-refractivity contribution in [2.24, 2.45) is 0 Å². The van der Waals surface area contributed by atoms with Crippen molar-refractivity contribution in [2.75, 3.05) is 0 Å². The summed E-state index contributed by atoms with van der Waals surface area (Å²) in [6.45, 7) is 5.17. The number of nitrogens with one attached hydrogen (secondary N) is 1. The lowest BCUT2D eigenvalue weighted by molar-refractivity contribution is 0.572. The first-order valence-electron chi connectivity index (χ1n) is 6.87.